The molecule has 1 heterocycles. The van der Waals surface area contributed by atoms with Gasteiger partial charge in [0.05, 0.1) is 5.69 Å². The number of hydrogen-bond acceptors (Lipinski definition) is 2. The van der Waals surface area contributed by atoms with E-state index in [9.17, 15) is 0 Å². The highest BCUT2D eigenvalue weighted by molar-refractivity contribution is 5.21. The van der Waals surface area contributed by atoms with Crippen LogP contribution in [0.3, 0.4) is 0 Å². The fourth-order valence-electron chi connectivity index (χ4n) is 2.13. The summed E-state index contributed by atoms with van der Waals surface area (Å²) in [5.41, 5.74) is 6.84. The Hall–Kier alpha value is -0.990. The van der Waals surface area contributed by atoms with E-state index in [-0.39, 0.29) is 0 Å². The van der Waals surface area contributed by atoms with Gasteiger partial charge in [0, 0.05) is 12.7 Å². The molecule has 0 saturated heterocycles. The molecule has 0 atom stereocenters. The number of rotatable bonds is 4. The Kier molecular flexibility index (Phi) is 3.77. The number of hydrogen-bond donors (Lipinski definition) is 1. The molecule has 1 aromatic rings. The van der Waals surface area contributed by atoms with Crippen molar-refractivity contribution < 1.29 is 0 Å². The van der Waals surface area contributed by atoms with Crippen molar-refractivity contribution in [2.24, 2.45) is 17.8 Å². The van der Waals surface area contributed by atoms with Crippen LogP contribution in [0.15, 0.2) is 6.20 Å². The van der Waals surface area contributed by atoms with Gasteiger partial charge in [-0.25, -0.2) is 4.98 Å². The minimum absolute atomic E-state index is 0.638. The highest BCUT2D eigenvalue weighted by Gasteiger charge is 2.18. The second-order valence-corrected chi connectivity index (χ2v) is 5.04. The normalized spacial score (nSPS) is 12.0. The molecule has 15 heavy (non-hydrogen) atoms. The van der Waals surface area contributed by atoms with Gasteiger partial charge in [0.2, 0.25) is 0 Å². The maximum atomic E-state index is 5.84. The molecule has 0 aliphatic rings. The summed E-state index contributed by atoms with van der Waals surface area (Å²) in [4.78, 5) is 4.22. The Morgan fingerprint density at radius 3 is 2.13 bits per heavy atom. The van der Waals surface area contributed by atoms with Crippen LogP contribution in [0.25, 0.3) is 0 Å². The molecule has 86 valence electrons. The molecule has 0 bridgehead atoms. The number of nitrogen functional groups attached to an aromatic ring is 1. The third-order valence-electron chi connectivity index (χ3n) is 3.05. The number of imidazole rings is 1. The Labute approximate surface area is 92.7 Å². The SMILES string of the molecule is Cc1cn(CC(C(C)C)C(C)C)c(N)n1. The third-order valence-corrected chi connectivity index (χ3v) is 3.05. The molecule has 3 heteroatoms. The van der Waals surface area contributed by atoms with E-state index in [2.05, 4.69) is 37.2 Å². The maximum absolute atomic E-state index is 5.84. The molecule has 1 rings (SSSR count). The number of nitrogens with zero attached hydrogens (tertiary/aromatic N) is 2. The van der Waals surface area contributed by atoms with Crippen LogP contribution in [0.5, 0.6) is 0 Å². The van der Waals surface area contributed by atoms with E-state index in [4.69, 9.17) is 5.73 Å². The second-order valence-electron chi connectivity index (χ2n) is 5.04. The number of aryl methyl sites for hydroxylation is 1. The summed E-state index contributed by atoms with van der Waals surface area (Å²) < 4.78 is 2.07. The van der Waals surface area contributed by atoms with E-state index >= 15 is 0 Å². The fourth-order valence-corrected chi connectivity index (χ4v) is 2.13. The van der Waals surface area contributed by atoms with Gasteiger partial charge >= 0.3 is 0 Å². The van der Waals surface area contributed by atoms with Gasteiger partial charge in [0.25, 0.3) is 0 Å². The molecular formula is C12H23N3. The first-order valence-corrected chi connectivity index (χ1v) is 5.71. The Morgan fingerprint density at radius 1 is 1.27 bits per heavy atom. The summed E-state index contributed by atoms with van der Waals surface area (Å²) in [6.45, 7) is 12.0. The quantitative estimate of drug-likeness (QED) is 0.828. The summed E-state index contributed by atoms with van der Waals surface area (Å²) in [6, 6.07) is 0. The lowest BCUT2D eigenvalue weighted by atomic mass is 9.85. The molecule has 0 fully saturated rings. The average Bonchev–Trinajstić information content (AvgIpc) is 2.39. The monoisotopic (exact) mass is 209 g/mol. The Bertz CT molecular complexity index is 305. The summed E-state index contributed by atoms with van der Waals surface area (Å²) in [5, 5.41) is 0. The largest absolute Gasteiger partial charge is 0.369 e. The van der Waals surface area contributed by atoms with Gasteiger partial charge in [0.15, 0.2) is 5.95 Å². The predicted molar refractivity (Wildman–Crippen MR) is 64.5 cm³/mol. The van der Waals surface area contributed by atoms with Gasteiger partial charge in [0.1, 0.15) is 0 Å². The molecule has 0 spiro atoms. The van der Waals surface area contributed by atoms with Crippen molar-refractivity contribution >= 4 is 5.95 Å². The van der Waals surface area contributed by atoms with E-state index in [1.165, 1.54) is 0 Å². The molecule has 0 amide bonds. The highest BCUT2D eigenvalue weighted by Crippen LogP contribution is 2.23. The zero-order valence-corrected chi connectivity index (χ0v) is 10.5. The first kappa shape index (κ1) is 12.1. The van der Waals surface area contributed by atoms with Crippen LogP contribution >= 0.6 is 0 Å². The third kappa shape index (κ3) is 2.98. The Balaban J connectivity index is 2.78. The van der Waals surface area contributed by atoms with Crippen molar-refractivity contribution in [2.45, 2.75) is 41.2 Å². The van der Waals surface area contributed by atoms with Gasteiger partial charge in [-0.05, 0) is 24.7 Å². The van der Waals surface area contributed by atoms with E-state index in [1.807, 2.05) is 13.1 Å². The number of anilines is 1. The summed E-state index contributed by atoms with van der Waals surface area (Å²) in [6.07, 6.45) is 2.03. The molecule has 0 saturated carbocycles. The van der Waals surface area contributed by atoms with Crippen LogP contribution in [-0.4, -0.2) is 9.55 Å². The van der Waals surface area contributed by atoms with E-state index < -0.39 is 0 Å². The molecule has 3 nitrogen and oxygen atoms in total. The van der Waals surface area contributed by atoms with Crippen molar-refractivity contribution in [1.29, 1.82) is 0 Å². The minimum Gasteiger partial charge on any atom is -0.369 e. The lowest BCUT2D eigenvalue weighted by Crippen LogP contribution is -2.22. The van der Waals surface area contributed by atoms with Crippen molar-refractivity contribution in [3.05, 3.63) is 11.9 Å². The Morgan fingerprint density at radius 2 is 1.80 bits per heavy atom. The summed E-state index contributed by atoms with van der Waals surface area (Å²) in [5.74, 6) is 2.64. The van der Waals surface area contributed by atoms with Gasteiger partial charge in [-0.1, -0.05) is 27.7 Å². The van der Waals surface area contributed by atoms with Gasteiger partial charge in [-0.2, -0.15) is 0 Å². The van der Waals surface area contributed by atoms with E-state index in [0.717, 1.165) is 12.2 Å². The van der Waals surface area contributed by atoms with Crippen LogP contribution in [0.1, 0.15) is 33.4 Å². The zero-order valence-electron chi connectivity index (χ0n) is 10.5. The standard InChI is InChI=1S/C12H23N3/c1-8(2)11(9(3)4)7-15-6-10(5)14-12(15)13/h6,8-9,11H,7H2,1-5H3,(H2,13,14). The average molecular weight is 209 g/mol. The minimum atomic E-state index is 0.638. The van der Waals surface area contributed by atoms with Gasteiger partial charge < -0.3 is 10.3 Å². The van der Waals surface area contributed by atoms with Gasteiger partial charge in [-0.3, -0.25) is 0 Å². The molecule has 0 radical (unpaired) electrons. The van der Waals surface area contributed by atoms with Crippen LogP contribution in [-0.2, 0) is 6.54 Å². The predicted octanol–water partition coefficient (Wildman–Crippen LogP) is 2.70. The first-order valence-electron chi connectivity index (χ1n) is 5.71. The molecule has 1 aromatic heterocycles. The lowest BCUT2D eigenvalue weighted by molar-refractivity contribution is 0.253. The van der Waals surface area contributed by atoms with E-state index in [0.29, 0.717) is 23.7 Å². The van der Waals surface area contributed by atoms with Crippen molar-refractivity contribution in [1.82, 2.24) is 9.55 Å². The second kappa shape index (κ2) is 4.69. The molecular weight excluding hydrogens is 186 g/mol. The van der Waals surface area contributed by atoms with Crippen LogP contribution in [0.2, 0.25) is 0 Å². The van der Waals surface area contributed by atoms with Crippen LogP contribution in [0.4, 0.5) is 5.95 Å². The maximum Gasteiger partial charge on any atom is 0.200 e. The van der Waals surface area contributed by atoms with Crippen LogP contribution in [0, 0.1) is 24.7 Å². The number of aromatic nitrogens is 2. The number of nitrogens with two attached hydrogens (primary N) is 1. The van der Waals surface area contributed by atoms with E-state index in [1.54, 1.807) is 0 Å². The highest BCUT2D eigenvalue weighted by atomic mass is 15.1. The lowest BCUT2D eigenvalue weighted by Gasteiger charge is -2.25. The van der Waals surface area contributed by atoms with Crippen molar-refractivity contribution in [3.63, 3.8) is 0 Å². The summed E-state index contributed by atoms with van der Waals surface area (Å²) in [7, 11) is 0. The topological polar surface area (TPSA) is 43.8 Å². The molecule has 0 unspecified atom stereocenters. The molecule has 0 aliphatic carbocycles. The van der Waals surface area contributed by atoms with Gasteiger partial charge in [-0.15, -0.1) is 0 Å². The summed E-state index contributed by atoms with van der Waals surface area (Å²) >= 11 is 0. The van der Waals surface area contributed by atoms with Crippen molar-refractivity contribution in [3.8, 4) is 0 Å². The fraction of sp³-hybridized carbons (Fsp3) is 0.750. The van der Waals surface area contributed by atoms with Crippen molar-refractivity contribution in [2.75, 3.05) is 5.73 Å². The molecule has 0 aromatic carbocycles. The van der Waals surface area contributed by atoms with Crippen LogP contribution < -0.4 is 5.73 Å². The zero-order chi connectivity index (χ0) is 11.6. The smallest absolute Gasteiger partial charge is 0.200 e. The molecule has 2 N–H and O–H groups in total. The first-order chi connectivity index (χ1) is 6.91. The molecule has 0 aliphatic heterocycles.